The molecule has 0 aliphatic carbocycles. The predicted molar refractivity (Wildman–Crippen MR) is 131 cm³/mol. The first kappa shape index (κ1) is 22.1. The molecule has 1 N–H and O–H groups in total. The number of hydrogen-bond donors (Lipinski definition) is 1. The lowest BCUT2D eigenvalue weighted by molar-refractivity contribution is 0.0267. The molecule has 0 saturated carbocycles. The van der Waals surface area contributed by atoms with Crippen molar-refractivity contribution >= 4 is 33.4 Å². The van der Waals surface area contributed by atoms with Crippen LogP contribution in [0.1, 0.15) is 0 Å². The standard InChI is InChI=1S/C25H33ClN4O2/c26-20-5-6-25-23(17-20)22-3-1-2-4-24(22)30(25)19-21(31)18-29-11-9-27(10-12-29)7-8-28-13-15-32-16-14-28/h1-6,17,21,31H,7-16,18-19H2. The number of hydrogen-bond acceptors (Lipinski definition) is 5. The van der Waals surface area contributed by atoms with Gasteiger partial charge in [-0.3, -0.25) is 14.7 Å². The summed E-state index contributed by atoms with van der Waals surface area (Å²) >= 11 is 6.26. The van der Waals surface area contributed by atoms with E-state index in [2.05, 4.69) is 49.6 Å². The second-order valence-corrected chi connectivity index (χ2v) is 9.48. The normalized spacial score (nSPS) is 20.3. The highest BCUT2D eigenvalue weighted by Crippen LogP contribution is 2.31. The van der Waals surface area contributed by atoms with Crippen LogP contribution < -0.4 is 0 Å². The Labute approximate surface area is 194 Å². The third kappa shape index (κ3) is 4.96. The number of aromatic nitrogens is 1. The second kappa shape index (κ2) is 10.1. The van der Waals surface area contributed by atoms with Crippen molar-refractivity contribution in [2.75, 3.05) is 72.1 Å². The number of aliphatic hydroxyl groups is 1. The number of piperazine rings is 1. The van der Waals surface area contributed by atoms with Crippen LogP contribution in [0.2, 0.25) is 5.02 Å². The van der Waals surface area contributed by atoms with Crippen LogP contribution in [0.5, 0.6) is 0 Å². The molecule has 1 atom stereocenters. The van der Waals surface area contributed by atoms with Crippen LogP contribution in [0.3, 0.4) is 0 Å². The van der Waals surface area contributed by atoms with Crippen LogP contribution in [0.25, 0.3) is 21.8 Å². The summed E-state index contributed by atoms with van der Waals surface area (Å²) in [6.45, 7) is 11.6. The Kier molecular flexibility index (Phi) is 6.97. The van der Waals surface area contributed by atoms with Gasteiger partial charge in [0.25, 0.3) is 0 Å². The Balaban J connectivity index is 1.17. The highest BCUT2D eigenvalue weighted by molar-refractivity contribution is 6.31. The molecule has 5 rings (SSSR count). The third-order valence-electron chi connectivity index (χ3n) is 6.90. The highest BCUT2D eigenvalue weighted by atomic mass is 35.5. The number of β-amino-alcohol motifs (C(OH)–C–C–N with tert-alkyl or cyclic N) is 1. The van der Waals surface area contributed by atoms with Gasteiger partial charge in [-0.2, -0.15) is 0 Å². The topological polar surface area (TPSA) is 44.1 Å². The zero-order valence-corrected chi connectivity index (χ0v) is 19.4. The first-order valence-electron chi connectivity index (χ1n) is 11.8. The molecule has 1 aromatic heterocycles. The quantitative estimate of drug-likeness (QED) is 0.592. The van der Waals surface area contributed by atoms with E-state index in [1.54, 1.807) is 0 Å². The minimum Gasteiger partial charge on any atom is -0.390 e. The number of morpholine rings is 1. The fourth-order valence-electron chi connectivity index (χ4n) is 5.09. The van der Waals surface area contributed by atoms with Gasteiger partial charge in [-0.1, -0.05) is 29.8 Å². The molecule has 3 heterocycles. The average molecular weight is 457 g/mol. The molecule has 2 fully saturated rings. The van der Waals surface area contributed by atoms with Crippen molar-refractivity contribution in [3.63, 3.8) is 0 Å². The molecule has 0 bridgehead atoms. The predicted octanol–water partition coefficient (Wildman–Crippen LogP) is 2.76. The Morgan fingerprint density at radius 3 is 2.22 bits per heavy atom. The van der Waals surface area contributed by atoms with Gasteiger partial charge in [0.1, 0.15) is 0 Å². The third-order valence-corrected chi connectivity index (χ3v) is 7.13. The van der Waals surface area contributed by atoms with Gasteiger partial charge >= 0.3 is 0 Å². The fourth-order valence-corrected chi connectivity index (χ4v) is 5.26. The zero-order valence-electron chi connectivity index (χ0n) is 18.6. The lowest BCUT2D eigenvalue weighted by Gasteiger charge is -2.37. The molecular formula is C25H33ClN4O2. The van der Waals surface area contributed by atoms with Crippen molar-refractivity contribution in [1.29, 1.82) is 0 Å². The van der Waals surface area contributed by atoms with Crippen molar-refractivity contribution in [3.05, 3.63) is 47.5 Å². The van der Waals surface area contributed by atoms with Gasteiger partial charge in [0.2, 0.25) is 0 Å². The van der Waals surface area contributed by atoms with Gasteiger partial charge in [0.15, 0.2) is 0 Å². The van der Waals surface area contributed by atoms with E-state index in [4.69, 9.17) is 16.3 Å². The maximum absolute atomic E-state index is 11.0. The van der Waals surface area contributed by atoms with E-state index >= 15 is 0 Å². The summed E-state index contributed by atoms with van der Waals surface area (Å²) in [6, 6.07) is 14.4. The maximum Gasteiger partial charge on any atom is 0.0845 e. The van der Waals surface area contributed by atoms with E-state index < -0.39 is 6.10 Å². The summed E-state index contributed by atoms with van der Waals surface area (Å²) < 4.78 is 7.68. The van der Waals surface area contributed by atoms with Crippen LogP contribution in [0.15, 0.2) is 42.5 Å². The van der Waals surface area contributed by atoms with Gasteiger partial charge in [-0.25, -0.2) is 0 Å². The Morgan fingerprint density at radius 1 is 0.781 bits per heavy atom. The lowest BCUT2D eigenvalue weighted by atomic mass is 10.2. The first-order valence-corrected chi connectivity index (χ1v) is 12.1. The van der Waals surface area contributed by atoms with Crippen LogP contribution in [0, 0.1) is 0 Å². The largest absolute Gasteiger partial charge is 0.390 e. The van der Waals surface area contributed by atoms with E-state index in [0.717, 1.165) is 87.0 Å². The summed E-state index contributed by atoms with van der Waals surface area (Å²) in [5.41, 5.74) is 2.28. The summed E-state index contributed by atoms with van der Waals surface area (Å²) in [4.78, 5) is 7.45. The van der Waals surface area contributed by atoms with Gasteiger partial charge in [-0.15, -0.1) is 0 Å². The number of benzene rings is 2. The summed E-state index contributed by atoms with van der Waals surface area (Å²) in [7, 11) is 0. The lowest BCUT2D eigenvalue weighted by Crippen LogP contribution is -2.51. The number of halogens is 1. The smallest absolute Gasteiger partial charge is 0.0845 e. The number of fused-ring (bicyclic) bond motifs is 3. The molecule has 2 aromatic carbocycles. The molecule has 6 nitrogen and oxygen atoms in total. The van der Waals surface area contributed by atoms with Crippen molar-refractivity contribution in [3.8, 4) is 0 Å². The molecule has 172 valence electrons. The molecule has 32 heavy (non-hydrogen) atoms. The number of nitrogens with zero attached hydrogens (tertiary/aromatic N) is 4. The van der Waals surface area contributed by atoms with Crippen LogP contribution in [-0.2, 0) is 11.3 Å². The molecule has 0 amide bonds. The number of ether oxygens (including phenoxy) is 1. The van der Waals surface area contributed by atoms with E-state index in [9.17, 15) is 5.11 Å². The number of aliphatic hydroxyl groups excluding tert-OH is 1. The molecule has 2 aliphatic heterocycles. The second-order valence-electron chi connectivity index (χ2n) is 9.04. The minimum absolute atomic E-state index is 0.412. The summed E-state index contributed by atoms with van der Waals surface area (Å²) in [5, 5.41) is 14.0. The Morgan fingerprint density at radius 2 is 1.44 bits per heavy atom. The van der Waals surface area contributed by atoms with Gasteiger partial charge in [0.05, 0.1) is 25.9 Å². The van der Waals surface area contributed by atoms with Crippen LogP contribution in [-0.4, -0.2) is 103 Å². The fraction of sp³-hybridized carbons (Fsp3) is 0.520. The SMILES string of the molecule is OC(CN1CCN(CCN2CCOCC2)CC1)Cn1c2ccccc2c2cc(Cl)ccc21. The van der Waals surface area contributed by atoms with Crippen molar-refractivity contribution in [2.45, 2.75) is 12.6 Å². The molecule has 7 heteroatoms. The molecule has 1 unspecified atom stereocenters. The first-order chi connectivity index (χ1) is 15.7. The molecule has 3 aromatic rings. The molecule has 2 saturated heterocycles. The Bertz CT molecular complexity index is 1040. The minimum atomic E-state index is -0.412. The van der Waals surface area contributed by atoms with Crippen molar-refractivity contribution < 1.29 is 9.84 Å². The molecule has 2 aliphatic rings. The molecule has 0 radical (unpaired) electrons. The van der Waals surface area contributed by atoms with Gasteiger partial charge < -0.3 is 14.4 Å². The number of rotatable bonds is 7. The average Bonchev–Trinajstić information content (AvgIpc) is 3.12. The summed E-state index contributed by atoms with van der Waals surface area (Å²) in [5.74, 6) is 0. The van der Waals surface area contributed by atoms with E-state index in [1.807, 2.05) is 12.1 Å². The van der Waals surface area contributed by atoms with E-state index in [-0.39, 0.29) is 0 Å². The van der Waals surface area contributed by atoms with E-state index in [0.29, 0.717) is 13.1 Å². The summed E-state index contributed by atoms with van der Waals surface area (Å²) in [6.07, 6.45) is -0.412. The molecular weight excluding hydrogens is 424 g/mol. The Hall–Kier alpha value is -1.67. The van der Waals surface area contributed by atoms with Crippen molar-refractivity contribution in [1.82, 2.24) is 19.3 Å². The maximum atomic E-state index is 11.0. The van der Waals surface area contributed by atoms with E-state index in [1.165, 1.54) is 5.39 Å². The zero-order chi connectivity index (χ0) is 21.9. The van der Waals surface area contributed by atoms with Gasteiger partial charge in [-0.05, 0) is 24.3 Å². The highest BCUT2D eigenvalue weighted by Gasteiger charge is 2.21. The van der Waals surface area contributed by atoms with Crippen LogP contribution in [0.4, 0.5) is 0 Å². The van der Waals surface area contributed by atoms with Gasteiger partial charge in [0, 0.05) is 85.7 Å². The molecule has 0 spiro atoms. The van der Waals surface area contributed by atoms with Crippen LogP contribution >= 0.6 is 11.6 Å². The number of para-hydroxylation sites is 1. The van der Waals surface area contributed by atoms with Crippen molar-refractivity contribution in [2.24, 2.45) is 0 Å². The monoisotopic (exact) mass is 456 g/mol.